The third kappa shape index (κ3) is 5.32. The van der Waals surface area contributed by atoms with Gasteiger partial charge in [-0.1, -0.05) is 60.2 Å². The molecule has 8 heteroatoms. The Morgan fingerprint density at radius 2 is 1.57 bits per heavy atom. The fourth-order valence-electron chi connectivity index (χ4n) is 3.18. The van der Waals surface area contributed by atoms with E-state index in [1.165, 1.54) is 4.31 Å². The van der Waals surface area contributed by atoms with Crippen molar-refractivity contribution in [3.63, 3.8) is 0 Å². The van der Waals surface area contributed by atoms with E-state index in [4.69, 9.17) is 5.73 Å². The first-order valence-electron chi connectivity index (χ1n) is 8.99. The maximum atomic E-state index is 12.7. The van der Waals surface area contributed by atoms with E-state index < -0.39 is 16.1 Å². The molecule has 0 aromatic heterocycles. The predicted molar refractivity (Wildman–Crippen MR) is 113 cm³/mol. The number of halogens is 1. The van der Waals surface area contributed by atoms with E-state index in [1.54, 1.807) is 17.0 Å². The van der Waals surface area contributed by atoms with E-state index in [0.717, 1.165) is 16.7 Å². The highest BCUT2D eigenvalue weighted by Crippen LogP contribution is 2.18. The van der Waals surface area contributed by atoms with Crippen molar-refractivity contribution in [2.45, 2.75) is 18.7 Å². The number of piperazine rings is 1. The Balaban J connectivity index is 0.00000280. The van der Waals surface area contributed by atoms with Crippen LogP contribution in [-0.4, -0.2) is 49.7 Å². The first-order valence-corrected chi connectivity index (χ1v) is 10.6. The second kappa shape index (κ2) is 9.52. The Labute approximate surface area is 172 Å². The van der Waals surface area contributed by atoms with Gasteiger partial charge in [0.05, 0.1) is 5.75 Å². The molecule has 1 fully saturated rings. The number of hydrogen-bond donors (Lipinski definition) is 1. The van der Waals surface area contributed by atoms with E-state index in [9.17, 15) is 13.2 Å². The first-order chi connectivity index (χ1) is 12.9. The molecule has 1 heterocycles. The van der Waals surface area contributed by atoms with Crippen LogP contribution < -0.4 is 5.73 Å². The van der Waals surface area contributed by atoms with Crippen LogP contribution >= 0.6 is 12.4 Å². The lowest BCUT2D eigenvalue weighted by atomic mass is 10.0. The van der Waals surface area contributed by atoms with Gasteiger partial charge < -0.3 is 10.6 Å². The van der Waals surface area contributed by atoms with Gasteiger partial charge in [-0.3, -0.25) is 4.79 Å². The van der Waals surface area contributed by atoms with Crippen LogP contribution in [0.25, 0.3) is 0 Å². The number of nitrogens with two attached hydrogens (primary N) is 1. The highest BCUT2D eigenvalue weighted by Gasteiger charge is 2.31. The smallest absolute Gasteiger partial charge is 0.244 e. The minimum atomic E-state index is -3.40. The molecule has 1 aliphatic rings. The molecule has 1 saturated heterocycles. The molecule has 0 saturated carbocycles. The monoisotopic (exact) mass is 423 g/mol. The lowest BCUT2D eigenvalue weighted by Crippen LogP contribution is -2.52. The minimum Gasteiger partial charge on any atom is -0.338 e. The Bertz CT molecular complexity index is 881. The third-order valence-corrected chi connectivity index (χ3v) is 6.69. The van der Waals surface area contributed by atoms with Crippen molar-refractivity contribution < 1.29 is 13.2 Å². The molecule has 0 radical (unpaired) electrons. The van der Waals surface area contributed by atoms with E-state index in [-0.39, 0.29) is 24.1 Å². The van der Waals surface area contributed by atoms with Gasteiger partial charge in [-0.05, 0) is 18.1 Å². The van der Waals surface area contributed by atoms with Crippen LogP contribution in [0.5, 0.6) is 0 Å². The fraction of sp³-hybridized carbons (Fsp3) is 0.350. The Hall–Kier alpha value is -1.93. The molecule has 2 N–H and O–H groups in total. The first kappa shape index (κ1) is 22.4. The number of carbonyl (C=O) groups is 1. The molecule has 0 aliphatic carbocycles. The summed E-state index contributed by atoms with van der Waals surface area (Å²) in [5.41, 5.74) is 8.76. The van der Waals surface area contributed by atoms with Crippen molar-refractivity contribution in [3.8, 4) is 0 Å². The zero-order valence-electron chi connectivity index (χ0n) is 15.8. The van der Waals surface area contributed by atoms with Gasteiger partial charge in [-0.15, -0.1) is 12.4 Å². The van der Waals surface area contributed by atoms with Crippen LogP contribution in [-0.2, 0) is 20.6 Å². The van der Waals surface area contributed by atoms with Crippen LogP contribution in [0.15, 0.2) is 54.6 Å². The van der Waals surface area contributed by atoms with Crippen molar-refractivity contribution in [1.82, 2.24) is 9.21 Å². The van der Waals surface area contributed by atoms with Gasteiger partial charge in [0, 0.05) is 26.2 Å². The normalized spacial score (nSPS) is 16.3. The van der Waals surface area contributed by atoms with Crippen LogP contribution in [0.4, 0.5) is 0 Å². The highest BCUT2D eigenvalue weighted by molar-refractivity contribution is 7.88. The number of aryl methyl sites for hydroxylation is 1. The topological polar surface area (TPSA) is 83.7 Å². The van der Waals surface area contributed by atoms with E-state index >= 15 is 0 Å². The number of sulfonamides is 1. The molecule has 28 heavy (non-hydrogen) atoms. The lowest BCUT2D eigenvalue weighted by Gasteiger charge is -2.35. The molecule has 152 valence electrons. The van der Waals surface area contributed by atoms with Gasteiger partial charge in [-0.25, -0.2) is 8.42 Å². The van der Waals surface area contributed by atoms with E-state index in [0.29, 0.717) is 26.2 Å². The molecule has 6 nitrogen and oxygen atoms in total. The lowest BCUT2D eigenvalue weighted by molar-refractivity contribution is -0.133. The SMILES string of the molecule is Cc1ccc(C(N)C(=O)N2CCN(S(=O)(=O)Cc3ccccc3)CC2)cc1.Cl. The summed E-state index contributed by atoms with van der Waals surface area (Å²) in [6, 6.07) is 16.0. The third-order valence-electron chi connectivity index (χ3n) is 4.84. The van der Waals surface area contributed by atoms with Crippen LogP contribution in [0.1, 0.15) is 22.7 Å². The largest absolute Gasteiger partial charge is 0.338 e. The summed E-state index contributed by atoms with van der Waals surface area (Å²) in [5.74, 6) is -0.191. The van der Waals surface area contributed by atoms with Crippen molar-refractivity contribution in [2.75, 3.05) is 26.2 Å². The molecule has 0 bridgehead atoms. The summed E-state index contributed by atoms with van der Waals surface area (Å²) in [5, 5.41) is 0. The maximum absolute atomic E-state index is 12.7. The molecule has 1 amide bonds. The van der Waals surface area contributed by atoms with Crippen LogP contribution in [0.3, 0.4) is 0 Å². The van der Waals surface area contributed by atoms with Crippen LogP contribution in [0.2, 0.25) is 0 Å². The summed E-state index contributed by atoms with van der Waals surface area (Å²) >= 11 is 0. The van der Waals surface area contributed by atoms with E-state index in [2.05, 4.69) is 0 Å². The quantitative estimate of drug-likeness (QED) is 0.798. The molecule has 1 aliphatic heterocycles. The van der Waals surface area contributed by atoms with Gasteiger partial charge in [-0.2, -0.15) is 4.31 Å². The highest BCUT2D eigenvalue weighted by atomic mass is 35.5. The average Bonchev–Trinajstić information content (AvgIpc) is 2.68. The van der Waals surface area contributed by atoms with Gasteiger partial charge in [0.15, 0.2) is 0 Å². The summed E-state index contributed by atoms with van der Waals surface area (Å²) < 4.78 is 26.7. The summed E-state index contributed by atoms with van der Waals surface area (Å²) in [6.45, 7) is 3.27. The number of hydrogen-bond acceptors (Lipinski definition) is 4. The van der Waals surface area contributed by atoms with Crippen molar-refractivity contribution >= 4 is 28.3 Å². The average molecular weight is 424 g/mol. The number of amides is 1. The van der Waals surface area contributed by atoms with Crippen molar-refractivity contribution in [3.05, 3.63) is 71.3 Å². The molecular weight excluding hydrogens is 398 g/mol. The Morgan fingerprint density at radius 1 is 1.00 bits per heavy atom. The second-order valence-corrected chi connectivity index (χ2v) is 8.82. The number of nitrogens with zero attached hydrogens (tertiary/aromatic N) is 2. The minimum absolute atomic E-state index is 0. The molecule has 1 unspecified atom stereocenters. The van der Waals surface area contributed by atoms with Crippen molar-refractivity contribution in [1.29, 1.82) is 0 Å². The molecule has 0 spiro atoms. The fourth-order valence-corrected chi connectivity index (χ4v) is 4.69. The van der Waals surface area contributed by atoms with Crippen molar-refractivity contribution in [2.24, 2.45) is 5.73 Å². The predicted octanol–water partition coefficient (Wildman–Crippen LogP) is 2.09. The van der Waals surface area contributed by atoms with Gasteiger partial charge >= 0.3 is 0 Å². The van der Waals surface area contributed by atoms with Gasteiger partial charge in [0.2, 0.25) is 15.9 Å². The number of rotatable bonds is 5. The Morgan fingerprint density at radius 3 is 2.14 bits per heavy atom. The van der Waals surface area contributed by atoms with Crippen LogP contribution in [0, 0.1) is 6.92 Å². The zero-order valence-corrected chi connectivity index (χ0v) is 17.5. The van der Waals surface area contributed by atoms with Gasteiger partial charge in [0.1, 0.15) is 6.04 Å². The van der Waals surface area contributed by atoms with Gasteiger partial charge in [0.25, 0.3) is 0 Å². The van der Waals surface area contributed by atoms with E-state index in [1.807, 2.05) is 49.4 Å². The Kier molecular flexibility index (Phi) is 7.60. The summed E-state index contributed by atoms with van der Waals surface area (Å²) in [7, 11) is -3.40. The molecular formula is C20H26ClN3O3S. The standard InChI is InChI=1S/C20H25N3O3S.ClH/c1-16-7-9-18(10-8-16)19(21)20(24)22-11-13-23(14-12-22)27(25,26)15-17-5-3-2-4-6-17;/h2-10,19H,11-15,21H2,1H3;1H. The summed E-state index contributed by atoms with van der Waals surface area (Å²) in [4.78, 5) is 14.3. The molecule has 2 aromatic rings. The number of carbonyl (C=O) groups excluding carboxylic acids is 1. The molecule has 3 rings (SSSR count). The summed E-state index contributed by atoms with van der Waals surface area (Å²) in [6.07, 6.45) is 0. The zero-order chi connectivity index (χ0) is 19.4. The molecule has 2 aromatic carbocycles. The second-order valence-electron chi connectivity index (χ2n) is 6.85. The number of benzene rings is 2. The molecule has 1 atom stereocenters. The maximum Gasteiger partial charge on any atom is 0.244 e.